The number of hydrogen-bond donors (Lipinski definition) is 0. The summed E-state index contributed by atoms with van der Waals surface area (Å²) in [6, 6.07) is 6.12. The number of ether oxygens (including phenoxy) is 1. The maximum atomic E-state index is 12.8. The SMILES string of the molecule is O=[N+]([O-])c1cccnc1Oc1ccc(F)cc1Cl. The molecule has 0 saturated heterocycles. The lowest BCUT2D eigenvalue weighted by atomic mass is 10.3. The molecular weight excluding hydrogens is 263 g/mol. The Morgan fingerprint density at radius 2 is 2.17 bits per heavy atom. The molecule has 1 aromatic carbocycles. The molecule has 0 aliphatic rings. The summed E-state index contributed by atoms with van der Waals surface area (Å²) < 4.78 is 18.0. The van der Waals surface area contributed by atoms with Gasteiger partial charge >= 0.3 is 5.69 Å². The van der Waals surface area contributed by atoms with Gasteiger partial charge in [0, 0.05) is 12.3 Å². The Morgan fingerprint density at radius 3 is 2.83 bits per heavy atom. The monoisotopic (exact) mass is 268 g/mol. The van der Waals surface area contributed by atoms with Gasteiger partial charge in [0.15, 0.2) is 0 Å². The van der Waals surface area contributed by atoms with Crippen LogP contribution < -0.4 is 4.74 Å². The molecule has 92 valence electrons. The molecule has 0 fully saturated rings. The van der Waals surface area contributed by atoms with E-state index in [1.54, 1.807) is 0 Å². The van der Waals surface area contributed by atoms with Crippen molar-refractivity contribution in [1.29, 1.82) is 0 Å². The molecule has 0 N–H and O–H groups in total. The van der Waals surface area contributed by atoms with E-state index in [0.717, 1.165) is 12.1 Å². The fourth-order valence-electron chi connectivity index (χ4n) is 1.26. The number of aromatic nitrogens is 1. The number of nitro groups is 1. The van der Waals surface area contributed by atoms with Crippen molar-refractivity contribution in [2.75, 3.05) is 0 Å². The number of pyridine rings is 1. The molecule has 0 aliphatic heterocycles. The van der Waals surface area contributed by atoms with Crippen molar-refractivity contribution in [3.63, 3.8) is 0 Å². The van der Waals surface area contributed by atoms with Crippen LogP contribution in [0.3, 0.4) is 0 Å². The smallest absolute Gasteiger partial charge is 0.331 e. The van der Waals surface area contributed by atoms with Crippen molar-refractivity contribution in [3.05, 3.63) is 57.5 Å². The van der Waals surface area contributed by atoms with Crippen molar-refractivity contribution < 1.29 is 14.1 Å². The van der Waals surface area contributed by atoms with Crippen LogP contribution >= 0.6 is 11.6 Å². The Kier molecular flexibility index (Phi) is 3.38. The number of benzene rings is 1. The Hall–Kier alpha value is -2.21. The molecule has 0 saturated carbocycles. The van der Waals surface area contributed by atoms with Crippen LogP contribution in [-0.4, -0.2) is 9.91 Å². The zero-order valence-electron chi connectivity index (χ0n) is 8.84. The minimum Gasteiger partial charge on any atom is -0.432 e. The highest BCUT2D eigenvalue weighted by Crippen LogP contribution is 2.33. The van der Waals surface area contributed by atoms with E-state index in [-0.39, 0.29) is 22.3 Å². The third-order valence-electron chi connectivity index (χ3n) is 2.05. The van der Waals surface area contributed by atoms with Crippen molar-refractivity contribution in [2.45, 2.75) is 0 Å². The van der Waals surface area contributed by atoms with Gasteiger partial charge in [-0.1, -0.05) is 11.6 Å². The van der Waals surface area contributed by atoms with Gasteiger partial charge in [-0.3, -0.25) is 10.1 Å². The van der Waals surface area contributed by atoms with E-state index >= 15 is 0 Å². The van der Waals surface area contributed by atoms with Crippen molar-refractivity contribution in [2.24, 2.45) is 0 Å². The lowest BCUT2D eigenvalue weighted by molar-refractivity contribution is -0.386. The van der Waals surface area contributed by atoms with Gasteiger partial charge in [0.1, 0.15) is 11.6 Å². The van der Waals surface area contributed by atoms with Crippen molar-refractivity contribution in [1.82, 2.24) is 4.98 Å². The summed E-state index contributed by atoms with van der Waals surface area (Å²) in [6.45, 7) is 0. The Labute approximate surface area is 106 Å². The molecule has 2 aromatic rings. The van der Waals surface area contributed by atoms with Crippen molar-refractivity contribution in [3.8, 4) is 11.6 Å². The van der Waals surface area contributed by atoms with Crippen LogP contribution in [0.5, 0.6) is 11.6 Å². The van der Waals surface area contributed by atoms with Crippen LogP contribution in [0.4, 0.5) is 10.1 Å². The van der Waals surface area contributed by atoms with E-state index < -0.39 is 10.7 Å². The van der Waals surface area contributed by atoms with Crippen LogP contribution in [-0.2, 0) is 0 Å². The highest BCUT2D eigenvalue weighted by molar-refractivity contribution is 6.32. The van der Waals surface area contributed by atoms with Crippen molar-refractivity contribution >= 4 is 17.3 Å². The molecule has 1 heterocycles. The maximum Gasteiger partial charge on any atom is 0.331 e. The van der Waals surface area contributed by atoms with Crippen LogP contribution in [0, 0.1) is 15.9 Å². The van der Waals surface area contributed by atoms with Gasteiger partial charge in [0.05, 0.1) is 9.95 Å². The molecule has 5 nitrogen and oxygen atoms in total. The normalized spacial score (nSPS) is 10.1. The van der Waals surface area contributed by atoms with Crippen LogP contribution in [0.2, 0.25) is 5.02 Å². The van der Waals surface area contributed by atoms with Gasteiger partial charge in [-0.15, -0.1) is 0 Å². The Morgan fingerprint density at radius 1 is 1.39 bits per heavy atom. The number of hydrogen-bond acceptors (Lipinski definition) is 4. The molecule has 0 radical (unpaired) electrons. The second-order valence-electron chi connectivity index (χ2n) is 3.26. The van der Waals surface area contributed by atoms with Crippen LogP contribution in [0.1, 0.15) is 0 Å². The predicted octanol–water partition coefficient (Wildman–Crippen LogP) is 3.57. The number of rotatable bonds is 3. The summed E-state index contributed by atoms with van der Waals surface area (Å²) in [7, 11) is 0. The third kappa shape index (κ3) is 2.54. The van der Waals surface area contributed by atoms with Gasteiger partial charge in [-0.25, -0.2) is 9.37 Å². The first-order valence-electron chi connectivity index (χ1n) is 4.80. The lowest BCUT2D eigenvalue weighted by Crippen LogP contribution is -1.95. The van der Waals surface area contributed by atoms with E-state index in [9.17, 15) is 14.5 Å². The zero-order chi connectivity index (χ0) is 13.1. The molecule has 2 rings (SSSR count). The van der Waals surface area contributed by atoms with E-state index in [4.69, 9.17) is 16.3 Å². The lowest BCUT2D eigenvalue weighted by Gasteiger charge is -2.06. The van der Waals surface area contributed by atoms with E-state index in [1.807, 2.05) is 0 Å². The molecule has 18 heavy (non-hydrogen) atoms. The molecule has 0 atom stereocenters. The number of halogens is 2. The first-order chi connectivity index (χ1) is 8.58. The average molecular weight is 269 g/mol. The van der Waals surface area contributed by atoms with E-state index in [1.165, 1.54) is 24.4 Å². The van der Waals surface area contributed by atoms with Gasteiger partial charge in [0.25, 0.3) is 5.88 Å². The first-order valence-corrected chi connectivity index (χ1v) is 5.18. The van der Waals surface area contributed by atoms with Gasteiger partial charge in [0.2, 0.25) is 0 Å². The highest BCUT2D eigenvalue weighted by Gasteiger charge is 2.17. The summed E-state index contributed by atoms with van der Waals surface area (Å²) in [5.74, 6) is -0.626. The molecule has 1 aromatic heterocycles. The van der Waals surface area contributed by atoms with Gasteiger partial charge < -0.3 is 4.74 Å². The minimum absolute atomic E-state index is 0.00921. The molecule has 0 unspecified atom stereocenters. The first kappa shape index (κ1) is 12.3. The summed E-state index contributed by atoms with van der Waals surface area (Å²) in [6.07, 6.45) is 1.35. The third-order valence-corrected chi connectivity index (χ3v) is 2.34. The van der Waals surface area contributed by atoms with Gasteiger partial charge in [-0.05, 0) is 24.3 Å². The summed E-state index contributed by atoms with van der Waals surface area (Å²) in [4.78, 5) is 13.9. The fraction of sp³-hybridized carbons (Fsp3) is 0. The maximum absolute atomic E-state index is 12.8. The van der Waals surface area contributed by atoms with Crippen LogP contribution in [0.15, 0.2) is 36.5 Å². The summed E-state index contributed by atoms with van der Waals surface area (Å²) >= 11 is 5.75. The zero-order valence-corrected chi connectivity index (χ0v) is 9.60. The molecule has 0 spiro atoms. The second-order valence-corrected chi connectivity index (χ2v) is 3.67. The molecular formula is C11H6ClFN2O3. The average Bonchev–Trinajstić information content (AvgIpc) is 2.33. The Bertz CT molecular complexity index is 607. The standard InChI is InChI=1S/C11H6ClFN2O3/c12-8-6-7(13)3-4-10(8)18-11-9(15(16)17)2-1-5-14-11/h1-6H. The largest absolute Gasteiger partial charge is 0.432 e. The second kappa shape index (κ2) is 4.97. The molecule has 0 bridgehead atoms. The van der Waals surface area contributed by atoms with E-state index in [2.05, 4.69) is 4.98 Å². The topological polar surface area (TPSA) is 65.3 Å². The highest BCUT2D eigenvalue weighted by atomic mass is 35.5. The fourth-order valence-corrected chi connectivity index (χ4v) is 1.47. The number of nitrogens with zero attached hydrogens (tertiary/aromatic N) is 2. The van der Waals surface area contributed by atoms with Crippen LogP contribution in [0.25, 0.3) is 0 Å². The molecule has 0 amide bonds. The molecule has 7 heteroatoms. The van der Waals surface area contributed by atoms with E-state index in [0.29, 0.717) is 0 Å². The quantitative estimate of drug-likeness (QED) is 0.630. The Balaban J connectivity index is 2.37. The summed E-state index contributed by atoms with van der Waals surface area (Å²) in [5, 5.41) is 10.8. The minimum atomic E-state index is -0.625. The predicted molar refractivity (Wildman–Crippen MR) is 62.4 cm³/mol. The summed E-state index contributed by atoms with van der Waals surface area (Å²) in [5.41, 5.74) is -0.294. The van der Waals surface area contributed by atoms with Gasteiger partial charge in [-0.2, -0.15) is 0 Å². The molecule has 0 aliphatic carbocycles.